The second-order valence-corrected chi connectivity index (χ2v) is 6.64. The van der Waals surface area contributed by atoms with Crippen molar-refractivity contribution in [2.75, 3.05) is 37.7 Å². The Labute approximate surface area is 142 Å². The van der Waals surface area contributed by atoms with Gasteiger partial charge in [0.25, 0.3) is 5.91 Å². The monoisotopic (exact) mass is 332 g/mol. The first-order valence-corrected chi connectivity index (χ1v) is 8.78. The molecule has 1 aromatic carbocycles. The fraction of sp³-hybridized carbons (Fsp3) is 0.556. The number of carbonyl (C=O) groups is 2. The van der Waals surface area contributed by atoms with E-state index in [1.54, 1.807) is 11.0 Å². The highest BCUT2D eigenvalue weighted by molar-refractivity contribution is 6.02. The van der Waals surface area contributed by atoms with Gasteiger partial charge in [-0.05, 0) is 38.3 Å². The van der Waals surface area contributed by atoms with Crippen molar-refractivity contribution in [3.05, 3.63) is 24.3 Å². The molecule has 0 aromatic heterocycles. The Morgan fingerprint density at radius 1 is 1.38 bits per heavy atom. The summed E-state index contributed by atoms with van der Waals surface area (Å²) in [5.74, 6) is 0.347. The van der Waals surface area contributed by atoms with Crippen LogP contribution in [-0.2, 0) is 9.59 Å². The molecule has 1 aromatic rings. The van der Waals surface area contributed by atoms with Crippen molar-refractivity contribution < 1.29 is 19.2 Å². The molecule has 0 spiro atoms. The molecule has 2 amide bonds. The molecule has 1 saturated heterocycles. The lowest BCUT2D eigenvalue weighted by Gasteiger charge is -2.30. The van der Waals surface area contributed by atoms with E-state index in [4.69, 9.17) is 4.74 Å². The lowest BCUT2D eigenvalue weighted by Crippen LogP contribution is -3.16. The zero-order chi connectivity index (χ0) is 16.9. The number of carbonyl (C=O) groups excluding carboxylic acids is 2. The highest BCUT2D eigenvalue weighted by atomic mass is 16.5. The Morgan fingerprint density at radius 3 is 3.04 bits per heavy atom. The number of ether oxygens (including phenoxy) is 1. The van der Waals surface area contributed by atoms with Crippen LogP contribution in [0.3, 0.4) is 0 Å². The summed E-state index contributed by atoms with van der Waals surface area (Å²) in [5.41, 5.74) is 0.666. The molecule has 2 unspecified atom stereocenters. The molecule has 6 nitrogen and oxygen atoms in total. The minimum atomic E-state index is -0.181. The van der Waals surface area contributed by atoms with Gasteiger partial charge in [0.05, 0.1) is 31.4 Å². The predicted molar refractivity (Wildman–Crippen MR) is 91.3 cm³/mol. The maximum atomic E-state index is 12.2. The standard InChI is InChI=1S/C18H25N3O3/c1-14-6-4-5-10-20(14)11-9-19-17(22)12-21-15-7-2-3-8-16(15)24-13-18(21)23/h2-3,7-8,14H,4-6,9-13H2,1H3,(H,19,22)/p+1. The molecule has 130 valence electrons. The third-order valence-corrected chi connectivity index (χ3v) is 4.96. The van der Waals surface area contributed by atoms with E-state index in [9.17, 15) is 9.59 Å². The normalized spacial score (nSPS) is 23.4. The summed E-state index contributed by atoms with van der Waals surface area (Å²) in [6.45, 7) is 5.09. The molecule has 0 aliphatic carbocycles. The van der Waals surface area contributed by atoms with Crippen molar-refractivity contribution in [1.29, 1.82) is 0 Å². The average molecular weight is 332 g/mol. The number of nitrogens with zero attached hydrogens (tertiary/aromatic N) is 1. The average Bonchev–Trinajstić information content (AvgIpc) is 2.59. The van der Waals surface area contributed by atoms with Crippen LogP contribution in [0.1, 0.15) is 26.2 Å². The topological polar surface area (TPSA) is 63.1 Å². The van der Waals surface area contributed by atoms with Crippen molar-refractivity contribution >= 4 is 17.5 Å². The van der Waals surface area contributed by atoms with Crippen LogP contribution in [0, 0.1) is 0 Å². The van der Waals surface area contributed by atoms with Crippen LogP contribution in [0.5, 0.6) is 5.75 Å². The van der Waals surface area contributed by atoms with E-state index in [1.807, 2.05) is 18.2 Å². The summed E-state index contributed by atoms with van der Waals surface area (Å²) in [4.78, 5) is 27.4. The van der Waals surface area contributed by atoms with Gasteiger partial charge >= 0.3 is 0 Å². The predicted octanol–water partition coefficient (Wildman–Crippen LogP) is -0.0145. The lowest BCUT2D eigenvalue weighted by molar-refractivity contribution is -0.927. The first kappa shape index (κ1) is 16.8. The van der Waals surface area contributed by atoms with Crippen LogP contribution in [-0.4, -0.2) is 50.6 Å². The van der Waals surface area contributed by atoms with E-state index in [2.05, 4.69) is 12.2 Å². The maximum absolute atomic E-state index is 12.2. The van der Waals surface area contributed by atoms with Crippen molar-refractivity contribution in [3.8, 4) is 5.75 Å². The third-order valence-electron chi connectivity index (χ3n) is 4.96. The number of fused-ring (bicyclic) bond motifs is 1. The first-order chi connectivity index (χ1) is 11.6. The Hall–Kier alpha value is -2.08. The smallest absolute Gasteiger partial charge is 0.265 e. The molecule has 2 aliphatic heterocycles. The maximum Gasteiger partial charge on any atom is 0.265 e. The SMILES string of the molecule is CC1CCCC[NH+]1CCNC(=O)CN1C(=O)COc2ccccc21. The molecule has 2 N–H and O–H groups in total. The third kappa shape index (κ3) is 3.87. The minimum absolute atomic E-state index is 0.0142. The second-order valence-electron chi connectivity index (χ2n) is 6.64. The van der Waals surface area contributed by atoms with Gasteiger partial charge in [-0.15, -0.1) is 0 Å². The molecular formula is C18H26N3O3+. The zero-order valence-corrected chi connectivity index (χ0v) is 14.2. The number of rotatable bonds is 5. The van der Waals surface area contributed by atoms with Gasteiger partial charge < -0.3 is 15.0 Å². The molecule has 2 atom stereocenters. The number of hydrogen-bond acceptors (Lipinski definition) is 3. The summed E-state index contributed by atoms with van der Waals surface area (Å²) in [6, 6.07) is 7.98. The van der Waals surface area contributed by atoms with Crippen molar-refractivity contribution in [3.63, 3.8) is 0 Å². The molecule has 0 radical (unpaired) electrons. The number of para-hydroxylation sites is 2. The Kier molecular flexibility index (Phi) is 5.35. The molecule has 0 saturated carbocycles. The summed E-state index contributed by atoms with van der Waals surface area (Å²) < 4.78 is 5.39. The largest absolute Gasteiger partial charge is 0.482 e. The summed E-state index contributed by atoms with van der Waals surface area (Å²) >= 11 is 0. The highest BCUT2D eigenvalue weighted by Gasteiger charge is 2.27. The molecule has 3 rings (SSSR count). The lowest BCUT2D eigenvalue weighted by atomic mass is 10.0. The van der Waals surface area contributed by atoms with Crippen molar-refractivity contribution in [1.82, 2.24) is 5.32 Å². The second kappa shape index (κ2) is 7.66. The molecule has 6 heteroatoms. The molecule has 1 fully saturated rings. The number of nitrogens with one attached hydrogen (secondary N) is 2. The zero-order valence-electron chi connectivity index (χ0n) is 14.2. The molecule has 2 aliphatic rings. The van der Waals surface area contributed by atoms with Gasteiger partial charge in [-0.1, -0.05) is 12.1 Å². The van der Waals surface area contributed by atoms with Crippen LogP contribution in [0.4, 0.5) is 5.69 Å². The van der Waals surface area contributed by atoms with Gasteiger partial charge in [0.15, 0.2) is 6.61 Å². The van der Waals surface area contributed by atoms with Crippen molar-refractivity contribution in [2.45, 2.75) is 32.2 Å². The molecule has 24 heavy (non-hydrogen) atoms. The molecule has 2 heterocycles. The van der Waals surface area contributed by atoms with E-state index < -0.39 is 0 Å². The number of hydrogen-bond donors (Lipinski definition) is 2. The van der Waals surface area contributed by atoms with Gasteiger partial charge in [-0.3, -0.25) is 14.5 Å². The number of amides is 2. The summed E-state index contributed by atoms with van der Waals surface area (Å²) in [6.07, 6.45) is 3.85. The number of anilines is 1. The van der Waals surface area contributed by atoms with Crippen LogP contribution >= 0.6 is 0 Å². The number of benzene rings is 1. The summed E-state index contributed by atoms with van der Waals surface area (Å²) in [5, 5.41) is 2.95. The van der Waals surface area contributed by atoms with Crippen molar-refractivity contribution in [2.24, 2.45) is 0 Å². The highest BCUT2D eigenvalue weighted by Crippen LogP contribution is 2.30. The van der Waals surface area contributed by atoms with Gasteiger partial charge in [0.1, 0.15) is 12.3 Å². The van der Waals surface area contributed by atoms with E-state index in [0.717, 1.165) is 6.54 Å². The Bertz CT molecular complexity index is 605. The number of piperidine rings is 1. The van der Waals surface area contributed by atoms with Crippen LogP contribution in [0.15, 0.2) is 24.3 Å². The van der Waals surface area contributed by atoms with Gasteiger partial charge in [0.2, 0.25) is 5.91 Å². The van der Waals surface area contributed by atoms with Gasteiger partial charge in [0, 0.05) is 0 Å². The van der Waals surface area contributed by atoms with E-state index in [1.165, 1.54) is 30.7 Å². The first-order valence-electron chi connectivity index (χ1n) is 8.78. The fourth-order valence-corrected chi connectivity index (χ4v) is 3.51. The molecular weight excluding hydrogens is 306 g/mol. The van der Waals surface area contributed by atoms with E-state index in [-0.39, 0.29) is 25.0 Å². The minimum Gasteiger partial charge on any atom is -0.482 e. The van der Waals surface area contributed by atoms with E-state index in [0.29, 0.717) is 24.0 Å². The van der Waals surface area contributed by atoms with Crippen LogP contribution < -0.4 is 19.9 Å². The quantitative estimate of drug-likeness (QED) is 0.797. The van der Waals surface area contributed by atoms with Crippen LogP contribution in [0.2, 0.25) is 0 Å². The summed E-state index contributed by atoms with van der Waals surface area (Å²) in [7, 11) is 0. The fourth-order valence-electron chi connectivity index (χ4n) is 3.51. The van der Waals surface area contributed by atoms with E-state index >= 15 is 0 Å². The number of quaternary nitrogens is 1. The Balaban J connectivity index is 1.50. The van der Waals surface area contributed by atoms with Gasteiger partial charge in [-0.2, -0.15) is 0 Å². The van der Waals surface area contributed by atoms with Gasteiger partial charge in [-0.25, -0.2) is 0 Å². The van der Waals surface area contributed by atoms with Crippen LogP contribution in [0.25, 0.3) is 0 Å². The number of likely N-dealkylation sites (tertiary alicyclic amines) is 1. The molecule has 0 bridgehead atoms. The Morgan fingerprint density at radius 2 is 2.21 bits per heavy atom.